The van der Waals surface area contributed by atoms with E-state index in [4.69, 9.17) is 5.73 Å². The number of carbonyl (C=O) groups is 1. The Kier molecular flexibility index (Phi) is 10.7. The summed E-state index contributed by atoms with van der Waals surface area (Å²) in [4.78, 5) is 14.8. The minimum atomic E-state index is 0. The third kappa shape index (κ3) is 6.23. The summed E-state index contributed by atoms with van der Waals surface area (Å²) in [6.07, 6.45) is 5.92. The molecule has 2 unspecified atom stereocenters. The summed E-state index contributed by atoms with van der Waals surface area (Å²) < 4.78 is 0. The number of piperidine rings is 1. The lowest BCUT2D eigenvalue weighted by Crippen LogP contribution is -2.47. The van der Waals surface area contributed by atoms with Gasteiger partial charge in [-0.15, -0.1) is 24.8 Å². The van der Waals surface area contributed by atoms with E-state index in [0.29, 0.717) is 12.5 Å². The molecule has 1 saturated carbocycles. The second-order valence-electron chi connectivity index (χ2n) is 6.95. The van der Waals surface area contributed by atoms with Crippen LogP contribution in [0.1, 0.15) is 46.0 Å². The number of halogens is 2. The Morgan fingerprint density at radius 3 is 2.64 bits per heavy atom. The molecule has 4 atom stereocenters. The van der Waals surface area contributed by atoms with Crippen molar-refractivity contribution in [2.75, 3.05) is 26.2 Å². The van der Waals surface area contributed by atoms with E-state index in [1.54, 1.807) is 0 Å². The summed E-state index contributed by atoms with van der Waals surface area (Å²) in [6.45, 7) is 8.43. The van der Waals surface area contributed by atoms with Gasteiger partial charge in [0.2, 0.25) is 5.91 Å². The maximum Gasteiger partial charge on any atom is 0.223 e. The van der Waals surface area contributed by atoms with Crippen LogP contribution in [-0.4, -0.2) is 43.0 Å². The lowest BCUT2D eigenvalue weighted by molar-refractivity contribution is -0.126. The van der Waals surface area contributed by atoms with E-state index >= 15 is 0 Å². The molecule has 3 N–H and O–H groups in total. The van der Waals surface area contributed by atoms with Gasteiger partial charge in [-0.1, -0.05) is 13.3 Å². The Hall–Kier alpha value is -0.0300. The predicted octanol–water partition coefficient (Wildman–Crippen LogP) is 2.44. The van der Waals surface area contributed by atoms with Gasteiger partial charge in [0.15, 0.2) is 0 Å². The summed E-state index contributed by atoms with van der Waals surface area (Å²) in [5.41, 5.74) is 5.77. The van der Waals surface area contributed by atoms with E-state index in [9.17, 15) is 4.79 Å². The zero-order chi connectivity index (χ0) is 14.5. The molecule has 0 radical (unpaired) electrons. The number of nitrogens with one attached hydrogen (secondary N) is 1. The molecule has 2 fully saturated rings. The summed E-state index contributed by atoms with van der Waals surface area (Å²) in [6, 6.07) is 0.242. The van der Waals surface area contributed by atoms with Gasteiger partial charge < -0.3 is 16.0 Å². The minimum absolute atomic E-state index is 0. The van der Waals surface area contributed by atoms with Crippen LogP contribution in [0, 0.1) is 17.8 Å². The summed E-state index contributed by atoms with van der Waals surface area (Å²) in [7, 11) is 0. The number of nitrogens with zero attached hydrogens (tertiary/aromatic N) is 1. The fourth-order valence-corrected chi connectivity index (χ4v) is 3.90. The first-order valence-electron chi connectivity index (χ1n) is 8.33. The number of hydrogen-bond acceptors (Lipinski definition) is 3. The average Bonchev–Trinajstić information content (AvgIpc) is 2.86. The highest BCUT2D eigenvalue weighted by Crippen LogP contribution is 2.31. The van der Waals surface area contributed by atoms with Crippen molar-refractivity contribution >= 4 is 30.7 Å². The van der Waals surface area contributed by atoms with Crippen LogP contribution in [0.25, 0.3) is 0 Å². The van der Waals surface area contributed by atoms with E-state index in [2.05, 4.69) is 24.1 Å². The van der Waals surface area contributed by atoms with Crippen LogP contribution in [-0.2, 0) is 4.79 Å². The van der Waals surface area contributed by atoms with Crippen LogP contribution in [0.3, 0.4) is 0 Å². The molecule has 6 heteroatoms. The second-order valence-corrected chi connectivity index (χ2v) is 6.95. The second kappa shape index (κ2) is 10.7. The first-order chi connectivity index (χ1) is 9.60. The van der Waals surface area contributed by atoms with Crippen LogP contribution in [0.5, 0.6) is 0 Å². The van der Waals surface area contributed by atoms with Crippen molar-refractivity contribution in [1.29, 1.82) is 0 Å². The molecular weight excluding hydrogens is 321 g/mol. The number of hydrogen-bond donors (Lipinski definition) is 2. The lowest BCUT2D eigenvalue weighted by atomic mass is 9.95. The van der Waals surface area contributed by atoms with E-state index in [1.807, 2.05) is 0 Å². The normalized spacial score (nSPS) is 30.0. The highest BCUT2D eigenvalue weighted by molar-refractivity contribution is 5.85. The largest absolute Gasteiger partial charge is 0.352 e. The molecular formula is C16H33Cl2N3O. The van der Waals surface area contributed by atoms with Crippen molar-refractivity contribution in [1.82, 2.24) is 10.2 Å². The van der Waals surface area contributed by atoms with Gasteiger partial charge in [0.05, 0.1) is 0 Å². The summed E-state index contributed by atoms with van der Waals surface area (Å²) in [5, 5.41) is 3.21. The molecule has 1 aliphatic heterocycles. The van der Waals surface area contributed by atoms with Crippen molar-refractivity contribution in [3.63, 3.8) is 0 Å². The highest BCUT2D eigenvalue weighted by atomic mass is 35.5. The van der Waals surface area contributed by atoms with Gasteiger partial charge in [0.1, 0.15) is 0 Å². The molecule has 2 aliphatic rings. The number of carbonyl (C=O) groups excluding carboxylic acids is 1. The number of rotatable bonds is 5. The van der Waals surface area contributed by atoms with Crippen molar-refractivity contribution in [2.24, 2.45) is 23.5 Å². The maximum atomic E-state index is 12.3. The quantitative estimate of drug-likeness (QED) is 0.797. The molecule has 1 heterocycles. The molecule has 1 amide bonds. The minimum Gasteiger partial charge on any atom is -0.352 e. The smallest absolute Gasteiger partial charge is 0.223 e. The Labute approximate surface area is 147 Å². The van der Waals surface area contributed by atoms with Crippen molar-refractivity contribution in [3.05, 3.63) is 0 Å². The van der Waals surface area contributed by atoms with Crippen molar-refractivity contribution in [2.45, 2.75) is 52.0 Å². The van der Waals surface area contributed by atoms with Gasteiger partial charge in [-0.3, -0.25) is 4.79 Å². The molecule has 132 valence electrons. The first kappa shape index (κ1) is 22.0. The molecule has 2 rings (SSSR count). The Bertz CT molecular complexity index is 331. The fraction of sp³-hybridized carbons (Fsp3) is 0.938. The number of nitrogens with two attached hydrogens (primary N) is 1. The zero-order valence-electron chi connectivity index (χ0n) is 13.9. The molecule has 0 bridgehead atoms. The van der Waals surface area contributed by atoms with Gasteiger partial charge in [-0.05, 0) is 57.5 Å². The van der Waals surface area contributed by atoms with Gasteiger partial charge in [-0.25, -0.2) is 0 Å². The summed E-state index contributed by atoms with van der Waals surface area (Å²) >= 11 is 0. The average molecular weight is 354 g/mol. The highest BCUT2D eigenvalue weighted by Gasteiger charge is 2.32. The predicted molar refractivity (Wildman–Crippen MR) is 96.8 cm³/mol. The Balaban J connectivity index is 0.00000220. The van der Waals surface area contributed by atoms with E-state index in [1.165, 1.54) is 25.9 Å². The van der Waals surface area contributed by atoms with Crippen LogP contribution >= 0.6 is 24.8 Å². The van der Waals surface area contributed by atoms with E-state index < -0.39 is 0 Å². The molecule has 0 aromatic heterocycles. The van der Waals surface area contributed by atoms with Gasteiger partial charge in [-0.2, -0.15) is 0 Å². The van der Waals surface area contributed by atoms with Crippen molar-refractivity contribution in [3.8, 4) is 0 Å². The molecule has 0 spiro atoms. The third-order valence-corrected chi connectivity index (χ3v) is 4.96. The molecule has 22 heavy (non-hydrogen) atoms. The van der Waals surface area contributed by atoms with Crippen LogP contribution < -0.4 is 11.1 Å². The molecule has 4 nitrogen and oxygen atoms in total. The first-order valence-corrected chi connectivity index (χ1v) is 8.33. The number of likely N-dealkylation sites (tertiary alicyclic amines) is 1. The monoisotopic (exact) mass is 353 g/mol. The van der Waals surface area contributed by atoms with Crippen molar-refractivity contribution < 1.29 is 4.79 Å². The van der Waals surface area contributed by atoms with Gasteiger partial charge in [0, 0.05) is 25.0 Å². The Morgan fingerprint density at radius 1 is 1.27 bits per heavy atom. The zero-order valence-corrected chi connectivity index (χ0v) is 15.6. The lowest BCUT2D eigenvalue weighted by Gasteiger charge is -2.33. The van der Waals surface area contributed by atoms with Gasteiger partial charge in [0.25, 0.3) is 0 Å². The van der Waals surface area contributed by atoms with Crippen LogP contribution in [0.2, 0.25) is 0 Å². The summed E-state index contributed by atoms with van der Waals surface area (Å²) in [5.74, 6) is 1.58. The standard InChI is InChI=1S/C16H31N3O.2ClH/c1-12-5-4-8-19(10-12)11-13(2)18-16(20)15-7-3-6-14(15)9-17;;/h12-15H,3-11,17H2,1-2H3,(H,18,20);2*1H/t12?,13?,14-,15-;;/m1../s1. The van der Waals surface area contributed by atoms with Gasteiger partial charge >= 0.3 is 0 Å². The molecule has 1 saturated heterocycles. The topological polar surface area (TPSA) is 58.4 Å². The molecule has 0 aromatic rings. The van der Waals surface area contributed by atoms with Crippen LogP contribution in [0.4, 0.5) is 0 Å². The SMILES string of the molecule is CC1CCCN(CC(C)NC(=O)[C@@H]2CCC[C@@H]2CN)C1.Cl.Cl. The molecule has 1 aliphatic carbocycles. The third-order valence-electron chi connectivity index (χ3n) is 4.96. The van der Waals surface area contributed by atoms with E-state index in [0.717, 1.165) is 31.7 Å². The van der Waals surface area contributed by atoms with E-state index in [-0.39, 0.29) is 42.7 Å². The number of amides is 1. The van der Waals surface area contributed by atoms with Crippen LogP contribution in [0.15, 0.2) is 0 Å². The fourth-order valence-electron chi connectivity index (χ4n) is 3.90. The Morgan fingerprint density at radius 2 is 2.00 bits per heavy atom. The maximum absolute atomic E-state index is 12.3. The molecule has 0 aromatic carbocycles.